The van der Waals surface area contributed by atoms with Gasteiger partial charge in [0.1, 0.15) is 17.2 Å². The van der Waals surface area contributed by atoms with Gasteiger partial charge in [-0.15, -0.1) is 0 Å². The van der Waals surface area contributed by atoms with E-state index in [-0.39, 0.29) is 5.78 Å². The summed E-state index contributed by atoms with van der Waals surface area (Å²) in [6, 6.07) is 9.26. The minimum atomic E-state index is -0.0130. The van der Waals surface area contributed by atoms with E-state index in [1.165, 1.54) is 12.8 Å². The van der Waals surface area contributed by atoms with Crippen LogP contribution >= 0.6 is 0 Å². The molecule has 2 aliphatic rings. The topological polar surface area (TPSA) is 56.8 Å². The van der Waals surface area contributed by atoms with Gasteiger partial charge >= 0.3 is 0 Å². The van der Waals surface area contributed by atoms with Crippen molar-refractivity contribution in [1.82, 2.24) is 5.32 Å². The number of benzene rings is 2. The summed E-state index contributed by atoms with van der Waals surface area (Å²) >= 11 is 0. The van der Waals surface area contributed by atoms with Crippen molar-refractivity contribution in [2.24, 2.45) is 5.92 Å². The monoisotopic (exact) mass is 381 g/mol. The summed E-state index contributed by atoms with van der Waals surface area (Å²) in [6.07, 6.45) is 4.74. The zero-order chi connectivity index (χ0) is 19.5. The van der Waals surface area contributed by atoms with E-state index >= 15 is 0 Å². The van der Waals surface area contributed by atoms with Crippen molar-refractivity contribution in [3.8, 4) is 28.4 Å². The van der Waals surface area contributed by atoms with Gasteiger partial charge in [0.25, 0.3) is 0 Å². The Morgan fingerprint density at radius 1 is 1.07 bits per heavy atom. The van der Waals surface area contributed by atoms with Crippen LogP contribution in [0.15, 0.2) is 30.3 Å². The van der Waals surface area contributed by atoms with Crippen molar-refractivity contribution in [3.63, 3.8) is 0 Å². The van der Waals surface area contributed by atoms with Gasteiger partial charge < -0.3 is 19.5 Å². The fraction of sp³-hybridized carbons (Fsp3) is 0.435. The molecule has 1 unspecified atom stereocenters. The van der Waals surface area contributed by atoms with Crippen molar-refractivity contribution in [2.75, 3.05) is 33.9 Å². The number of ketones is 1. The highest BCUT2D eigenvalue weighted by molar-refractivity contribution is 6.23. The molecule has 1 atom stereocenters. The number of piperidine rings is 1. The van der Waals surface area contributed by atoms with E-state index in [9.17, 15) is 4.79 Å². The Balaban J connectivity index is 1.56. The minimum absolute atomic E-state index is 0.0130. The maximum atomic E-state index is 12.9. The number of ether oxygens (including phenoxy) is 3. The molecule has 0 spiro atoms. The van der Waals surface area contributed by atoms with Gasteiger partial charge in [-0.2, -0.15) is 0 Å². The largest absolute Gasteiger partial charge is 0.497 e. The molecule has 0 saturated carbocycles. The Bertz CT molecular complexity index is 871. The fourth-order valence-electron chi connectivity index (χ4n) is 4.27. The zero-order valence-electron chi connectivity index (χ0n) is 16.5. The van der Waals surface area contributed by atoms with E-state index in [0.717, 1.165) is 48.7 Å². The molecule has 1 aliphatic heterocycles. The summed E-state index contributed by atoms with van der Waals surface area (Å²) in [5, 5.41) is 3.46. The highest BCUT2D eigenvalue weighted by Crippen LogP contribution is 2.48. The summed E-state index contributed by atoms with van der Waals surface area (Å²) < 4.78 is 17.0. The van der Waals surface area contributed by atoms with Crippen LogP contribution in [0, 0.1) is 5.92 Å². The predicted octanol–water partition coefficient (Wildman–Crippen LogP) is 4.07. The number of nitrogens with one attached hydrogen (secondary N) is 1. The molecule has 0 aromatic heterocycles. The Morgan fingerprint density at radius 2 is 1.93 bits per heavy atom. The first-order valence-corrected chi connectivity index (χ1v) is 10.0. The Labute approximate surface area is 166 Å². The Kier molecular flexibility index (Phi) is 5.53. The highest BCUT2D eigenvalue weighted by Gasteiger charge is 2.33. The maximum absolute atomic E-state index is 12.9. The third kappa shape index (κ3) is 3.47. The van der Waals surface area contributed by atoms with Gasteiger partial charge in [0.05, 0.1) is 20.8 Å². The summed E-state index contributed by atoms with van der Waals surface area (Å²) in [6.45, 7) is 2.90. The SMILES string of the molecule is COc1cc(OC)c2c(c1)C(=O)c1cccc(OCCCC3CCCNC3)c1-2. The molecule has 0 radical (unpaired) electrons. The first-order chi connectivity index (χ1) is 13.7. The van der Waals surface area contributed by atoms with E-state index in [1.54, 1.807) is 20.3 Å². The van der Waals surface area contributed by atoms with Crippen LogP contribution in [0.1, 0.15) is 41.6 Å². The summed E-state index contributed by atoms with van der Waals surface area (Å²) in [4.78, 5) is 12.9. The molecular weight excluding hydrogens is 354 g/mol. The number of hydrogen-bond donors (Lipinski definition) is 1. The van der Waals surface area contributed by atoms with Crippen molar-refractivity contribution in [3.05, 3.63) is 41.5 Å². The number of hydrogen-bond acceptors (Lipinski definition) is 5. The third-order valence-electron chi connectivity index (χ3n) is 5.71. The quantitative estimate of drug-likeness (QED) is 0.625. The smallest absolute Gasteiger partial charge is 0.194 e. The van der Waals surface area contributed by atoms with E-state index in [0.29, 0.717) is 29.2 Å². The van der Waals surface area contributed by atoms with Crippen LogP contribution in [0.25, 0.3) is 11.1 Å². The van der Waals surface area contributed by atoms with Gasteiger partial charge in [0.2, 0.25) is 0 Å². The van der Waals surface area contributed by atoms with E-state index in [2.05, 4.69) is 5.32 Å². The number of fused-ring (bicyclic) bond motifs is 3. The van der Waals surface area contributed by atoms with Crippen molar-refractivity contribution in [1.29, 1.82) is 0 Å². The van der Waals surface area contributed by atoms with E-state index < -0.39 is 0 Å². The molecule has 1 aliphatic carbocycles. The van der Waals surface area contributed by atoms with Gasteiger partial charge in [-0.3, -0.25) is 4.79 Å². The number of methoxy groups -OCH3 is 2. The first-order valence-electron chi connectivity index (χ1n) is 10.0. The highest BCUT2D eigenvalue weighted by atomic mass is 16.5. The molecule has 1 fully saturated rings. The standard InChI is InChI=1S/C23H27NO4/c1-26-16-12-18-22(20(13-16)27-2)21-17(23(18)25)8-3-9-19(21)28-11-5-7-15-6-4-10-24-14-15/h3,8-9,12-13,15,24H,4-7,10-11,14H2,1-2H3. The van der Waals surface area contributed by atoms with Crippen LogP contribution in [0.5, 0.6) is 17.2 Å². The molecule has 1 heterocycles. The number of carbonyl (C=O) groups is 1. The number of rotatable bonds is 7. The first kappa shape index (κ1) is 18.8. The molecule has 5 heteroatoms. The average molecular weight is 381 g/mol. The van der Waals surface area contributed by atoms with Crippen LogP contribution < -0.4 is 19.5 Å². The van der Waals surface area contributed by atoms with Gasteiger partial charge in [-0.05, 0) is 56.8 Å². The molecule has 28 heavy (non-hydrogen) atoms. The summed E-state index contributed by atoms with van der Waals surface area (Å²) in [5.74, 6) is 2.72. The van der Waals surface area contributed by atoms with Gasteiger partial charge in [0, 0.05) is 28.3 Å². The number of carbonyl (C=O) groups excluding carboxylic acids is 1. The molecule has 0 bridgehead atoms. The fourth-order valence-corrected chi connectivity index (χ4v) is 4.27. The van der Waals surface area contributed by atoms with Crippen molar-refractivity contribution >= 4 is 5.78 Å². The van der Waals surface area contributed by atoms with Crippen LogP contribution in [-0.2, 0) is 0 Å². The van der Waals surface area contributed by atoms with Crippen molar-refractivity contribution in [2.45, 2.75) is 25.7 Å². The van der Waals surface area contributed by atoms with Gasteiger partial charge in [0.15, 0.2) is 5.78 Å². The zero-order valence-corrected chi connectivity index (χ0v) is 16.5. The molecule has 1 N–H and O–H groups in total. The maximum Gasteiger partial charge on any atom is 0.194 e. The lowest BCUT2D eigenvalue weighted by molar-refractivity contribution is 0.104. The minimum Gasteiger partial charge on any atom is -0.497 e. The van der Waals surface area contributed by atoms with Crippen LogP contribution in [0.2, 0.25) is 0 Å². The lowest BCUT2D eigenvalue weighted by Crippen LogP contribution is -2.29. The van der Waals surface area contributed by atoms with Crippen LogP contribution in [0.4, 0.5) is 0 Å². The average Bonchev–Trinajstić information content (AvgIpc) is 3.04. The second kappa shape index (κ2) is 8.23. The molecule has 2 aromatic carbocycles. The molecule has 0 amide bonds. The van der Waals surface area contributed by atoms with Gasteiger partial charge in [-0.25, -0.2) is 0 Å². The van der Waals surface area contributed by atoms with Crippen LogP contribution in [-0.4, -0.2) is 39.7 Å². The Morgan fingerprint density at radius 3 is 2.68 bits per heavy atom. The molecular formula is C23H27NO4. The predicted molar refractivity (Wildman–Crippen MR) is 109 cm³/mol. The second-order valence-corrected chi connectivity index (χ2v) is 7.46. The third-order valence-corrected chi connectivity index (χ3v) is 5.71. The van der Waals surface area contributed by atoms with E-state index in [1.807, 2.05) is 24.3 Å². The summed E-state index contributed by atoms with van der Waals surface area (Å²) in [7, 11) is 3.20. The molecule has 2 aromatic rings. The van der Waals surface area contributed by atoms with Crippen LogP contribution in [0.3, 0.4) is 0 Å². The lowest BCUT2D eigenvalue weighted by atomic mass is 9.95. The molecule has 148 valence electrons. The molecule has 1 saturated heterocycles. The lowest BCUT2D eigenvalue weighted by Gasteiger charge is -2.22. The molecule has 4 rings (SSSR count). The van der Waals surface area contributed by atoms with Crippen molar-refractivity contribution < 1.29 is 19.0 Å². The summed E-state index contributed by atoms with van der Waals surface area (Å²) in [5.41, 5.74) is 2.91. The van der Waals surface area contributed by atoms with E-state index in [4.69, 9.17) is 14.2 Å². The van der Waals surface area contributed by atoms with Gasteiger partial charge in [-0.1, -0.05) is 12.1 Å². The molecule has 5 nitrogen and oxygen atoms in total. The normalized spacial score (nSPS) is 17.8. The Hall–Kier alpha value is -2.53. The second-order valence-electron chi connectivity index (χ2n) is 7.46.